The highest BCUT2D eigenvalue weighted by Crippen LogP contribution is 2.18. The standard InChI is InChI=1S/C24H36FN3O2/c1-19-10-15-27(16-11-19)13-3-2-12-26-24(30)21-5-4-14-28(18-21)23(29)17-20-6-8-22(25)9-7-20/h6-9,19,21H,2-5,10-18H2,1H3,(H,26,30). The maximum absolute atomic E-state index is 13.0. The zero-order chi connectivity index (χ0) is 21.3. The predicted molar refractivity (Wildman–Crippen MR) is 116 cm³/mol. The number of hydrogen-bond donors (Lipinski definition) is 1. The van der Waals surface area contributed by atoms with Crippen LogP contribution in [-0.2, 0) is 16.0 Å². The molecule has 0 aromatic heterocycles. The summed E-state index contributed by atoms with van der Waals surface area (Å²) >= 11 is 0. The molecule has 6 heteroatoms. The molecule has 1 aromatic rings. The summed E-state index contributed by atoms with van der Waals surface area (Å²) < 4.78 is 13.0. The van der Waals surface area contributed by atoms with E-state index in [1.165, 1.54) is 38.1 Å². The number of piperidine rings is 2. The van der Waals surface area contributed by atoms with E-state index in [4.69, 9.17) is 0 Å². The highest BCUT2D eigenvalue weighted by molar-refractivity contribution is 5.82. The molecular formula is C24H36FN3O2. The Kier molecular flexibility index (Phi) is 8.67. The zero-order valence-corrected chi connectivity index (χ0v) is 18.2. The molecule has 1 atom stereocenters. The Morgan fingerprint density at radius 1 is 1.07 bits per heavy atom. The second-order valence-corrected chi connectivity index (χ2v) is 9.00. The molecule has 166 valence electrons. The first kappa shape index (κ1) is 22.7. The summed E-state index contributed by atoms with van der Waals surface area (Å²) in [5, 5.41) is 3.08. The zero-order valence-electron chi connectivity index (χ0n) is 18.2. The number of nitrogens with zero attached hydrogens (tertiary/aromatic N) is 2. The Hall–Kier alpha value is -1.95. The van der Waals surface area contributed by atoms with Crippen molar-refractivity contribution in [3.05, 3.63) is 35.6 Å². The molecule has 1 aromatic carbocycles. The topological polar surface area (TPSA) is 52.7 Å². The predicted octanol–water partition coefficient (Wildman–Crippen LogP) is 3.24. The summed E-state index contributed by atoms with van der Waals surface area (Å²) in [5.41, 5.74) is 0.802. The van der Waals surface area contributed by atoms with Crippen LogP contribution in [0.25, 0.3) is 0 Å². The van der Waals surface area contributed by atoms with Crippen molar-refractivity contribution >= 4 is 11.8 Å². The minimum Gasteiger partial charge on any atom is -0.356 e. The normalized spacial score (nSPS) is 20.9. The van der Waals surface area contributed by atoms with Gasteiger partial charge in [0.2, 0.25) is 11.8 Å². The van der Waals surface area contributed by atoms with Crippen LogP contribution in [0.4, 0.5) is 4.39 Å². The van der Waals surface area contributed by atoms with Gasteiger partial charge in [0.25, 0.3) is 0 Å². The molecule has 2 aliphatic rings. The lowest BCUT2D eigenvalue weighted by molar-refractivity contribution is -0.135. The monoisotopic (exact) mass is 417 g/mol. The molecule has 2 aliphatic heterocycles. The van der Waals surface area contributed by atoms with Crippen LogP contribution in [0.5, 0.6) is 0 Å². The quantitative estimate of drug-likeness (QED) is 0.661. The van der Waals surface area contributed by atoms with E-state index in [1.807, 2.05) is 0 Å². The Morgan fingerprint density at radius 3 is 2.53 bits per heavy atom. The fraction of sp³-hybridized carbons (Fsp3) is 0.667. The molecule has 2 saturated heterocycles. The van der Waals surface area contributed by atoms with E-state index in [-0.39, 0.29) is 30.0 Å². The molecule has 0 bridgehead atoms. The van der Waals surface area contributed by atoms with Crippen molar-refractivity contribution in [2.24, 2.45) is 11.8 Å². The van der Waals surface area contributed by atoms with Crippen LogP contribution in [0.15, 0.2) is 24.3 Å². The van der Waals surface area contributed by atoms with Crippen molar-refractivity contribution in [2.45, 2.75) is 51.9 Å². The van der Waals surface area contributed by atoms with Crippen molar-refractivity contribution in [3.8, 4) is 0 Å². The first-order chi connectivity index (χ1) is 14.5. The first-order valence-electron chi connectivity index (χ1n) is 11.5. The lowest BCUT2D eigenvalue weighted by Gasteiger charge is -2.32. The van der Waals surface area contributed by atoms with Gasteiger partial charge < -0.3 is 15.1 Å². The third-order valence-corrected chi connectivity index (χ3v) is 6.49. The highest BCUT2D eigenvalue weighted by atomic mass is 19.1. The van der Waals surface area contributed by atoms with Gasteiger partial charge in [-0.25, -0.2) is 4.39 Å². The van der Waals surface area contributed by atoms with Gasteiger partial charge in [-0.15, -0.1) is 0 Å². The van der Waals surface area contributed by atoms with Crippen LogP contribution in [-0.4, -0.2) is 60.9 Å². The van der Waals surface area contributed by atoms with Gasteiger partial charge >= 0.3 is 0 Å². The second kappa shape index (κ2) is 11.4. The summed E-state index contributed by atoms with van der Waals surface area (Å²) in [6.45, 7) is 7.75. The van der Waals surface area contributed by atoms with Crippen LogP contribution < -0.4 is 5.32 Å². The number of carbonyl (C=O) groups is 2. The molecule has 1 unspecified atom stereocenters. The molecular weight excluding hydrogens is 381 g/mol. The Balaban J connectivity index is 1.33. The fourth-order valence-corrected chi connectivity index (χ4v) is 4.41. The van der Waals surface area contributed by atoms with Crippen LogP contribution in [0, 0.1) is 17.7 Å². The number of amides is 2. The van der Waals surface area contributed by atoms with Gasteiger partial charge in [0.05, 0.1) is 12.3 Å². The number of hydrogen-bond acceptors (Lipinski definition) is 3. The van der Waals surface area contributed by atoms with E-state index in [1.54, 1.807) is 17.0 Å². The summed E-state index contributed by atoms with van der Waals surface area (Å²) in [5.74, 6) is 0.514. The third-order valence-electron chi connectivity index (χ3n) is 6.49. The van der Waals surface area contributed by atoms with Gasteiger partial charge in [-0.2, -0.15) is 0 Å². The third kappa shape index (κ3) is 7.08. The maximum atomic E-state index is 13.0. The lowest BCUT2D eigenvalue weighted by atomic mass is 9.96. The number of unbranched alkanes of at least 4 members (excludes halogenated alkanes) is 1. The van der Waals surface area contributed by atoms with Crippen LogP contribution in [0.1, 0.15) is 51.0 Å². The van der Waals surface area contributed by atoms with Crippen molar-refractivity contribution in [3.63, 3.8) is 0 Å². The molecule has 0 spiro atoms. The van der Waals surface area contributed by atoms with Gasteiger partial charge in [-0.05, 0) is 81.8 Å². The van der Waals surface area contributed by atoms with E-state index in [0.717, 1.165) is 43.7 Å². The molecule has 5 nitrogen and oxygen atoms in total. The molecule has 1 N–H and O–H groups in total. The molecule has 0 radical (unpaired) electrons. The van der Waals surface area contributed by atoms with Gasteiger partial charge in [-0.3, -0.25) is 9.59 Å². The van der Waals surface area contributed by atoms with E-state index in [9.17, 15) is 14.0 Å². The minimum absolute atomic E-state index is 0.00922. The molecule has 2 amide bonds. The van der Waals surface area contributed by atoms with Crippen molar-refractivity contribution < 1.29 is 14.0 Å². The van der Waals surface area contributed by atoms with Gasteiger partial charge in [0.1, 0.15) is 5.82 Å². The molecule has 0 saturated carbocycles. The summed E-state index contributed by atoms with van der Waals surface area (Å²) in [6.07, 6.45) is 6.64. The van der Waals surface area contributed by atoms with Gasteiger partial charge in [0, 0.05) is 19.6 Å². The second-order valence-electron chi connectivity index (χ2n) is 9.00. The number of rotatable bonds is 8. The average molecular weight is 418 g/mol. The average Bonchev–Trinajstić information content (AvgIpc) is 2.76. The molecule has 2 heterocycles. The number of carbonyl (C=O) groups excluding carboxylic acids is 2. The number of likely N-dealkylation sites (tertiary alicyclic amines) is 2. The summed E-state index contributed by atoms with van der Waals surface area (Å²) in [6, 6.07) is 6.04. The number of benzene rings is 1. The summed E-state index contributed by atoms with van der Waals surface area (Å²) in [4.78, 5) is 29.5. The van der Waals surface area contributed by atoms with Gasteiger partial charge in [-0.1, -0.05) is 19.1 Å². The maximum Gasteiger partial charge on any atom is 0.227 e. The van der Waals surface area contributed by atoms with Gasteiger partial charge in [0.15, 0.2) is 0 Å². The SMILES string of the molecule is CC1CCN(CCCCNC(=O)C2CCCN(C(=O)Cc3ccc(F)cc3)C2)CC1. The van der Waals surface area contributed by atoms with Crippen LogP contribution in [0.3, 0.4) is 0 Å². The van der Waals surface area contributed by atoms with Crippen molar-refractivity contribution in [1.82, 2.24) is 15.1 Å². The molecule has 2 fully saturated rings. The van der Waals surface area contributed by atoms with Crippen molar-refractivity contribution in [2.75, 3.05) is 39.3 Å². The molecule has 3 rings (SSSR count). The number of nitrogens with one attached hydrogen (secondary N) is 1. The van der Waals surface area contributed by atoms with Crippen LogP contribution in [0.2, 0.25) is 0 Å². The Morgan fingerprint density at radius 2 is 1.80 bits per heavy atom. The van der Waals surface area contributed by atoms with E-state index in [0.29, 0.717) is 19.6 Å². The number of halogens is 1. The lowest BCUT2D eigenvalue weighted by Crippen LogP contribution is -2.46. The van der Waals surface area contributed by atoms with Crippen LogP contribution >= 0.6 is 0 Å². The minimum atomic E-state index is -0.300. The summed E-state index contributed by atoms with van der Waals surface area (Å²) in [7, 11) is 0. The van der Waals surface area contributed by atoms with E-state index >= 15 is 0 Å². The van der Waals surface area contributed by atoms with Crippen molar-refractivity contribution in [1.29, 1.82) is 0 Å². The van der Waals surface area contributed by atoms with E-state index in [2.05, 4.69) is 17.1 Å². The molecule has 30 heavy (non-hydrogen) atoms. The fourth-order valence-electron chi connectivity index (χ4n) is 4.41. The Bertz CT molecular complexity index is 686. The smallest absolute Gasteiger partial charge is 0.227 e. The highest BCUT2D eigenvalue weighted by Gasteiger charge is 2.28. The molecule has 0 aliphatic carbocycles. The largest absolute Gasteiger partial charge is 0.356 e. The Labute approximate surface area is 180 Å². The van der Waals surface area contributed by atoms with E-state index < -0.39 is 0 Å². The first-order valence-corrected chi connectivity index (χ1v) is 11.5.